The molecule has 63 valence electrons. The third-order valence-electron chi connectivity index (χ3n) is 1.82. The molecule has 0 bridgehead atoms. The zero-order chi connectivity index (χ0) is 8.36. The van der Waals surface area contributed by atoms with Crippen molar-refractivity contribution < 1.29 is 25.7 Å². The summed E-state index contributed by atoms with van der Waals surface area (Å²) in [7, 11) is 0. The second-order valence-corrected chi connectivity index (χ2v) is 2.98. The minimum atomic E-state index is -2.00. The maximum atomic E-state index is 8.50. The molecule has 2 nitrogen and oxygen atoms in total. The van der Waals surface area contributed by atoms with Crippen LogP contribution in [0.2, 0.25) is 0 Å². The maximum absolute atomic E-state index is 8.50. The molecule has 11 heavy (non-hydrogen) atoms. The summed E-state index contributed by atoms with van der Waals surface area (Å²) in [4.78, 5) is 0. The molecule has 1 saturated carbocycles. The first-order valence-electron chi connectivity index (χ1n) is 4.22. The molecule has 1 aliphatic carbocycles. The van der Waals surface area contributed by atoms with Gasteiger partial charge in [-0.15, -0.1) is 0 Å². The van der Waals surface area contributed by atoms with Gasteiger partial charge in [0.1, 0.15) is 0 Å². The van der Waals surface area contributed by atoms with Gasteiger partial charge in [-0.25, -0.2) is 0 Å². The molecular weight excluding hydrogens is 176 g/mol. The van der Waals surface area contributed by atoms with Gasteiger partial charge >= 0.3 is 25.7 Å². The number of rotatable bonds is 0. The Morgan fingerprint density at radius 3 is 1.64 bits per heavy atom. The van der Waals surface area contributed by atoms with Crippen LogP contribution in [0.3, 0.4) is 0 Å². The van der Waals surface area contributed by atoms with Crippen LogP contribution >= 0.6 is 0 Å². The first-order valence-corrected chi connectivity index (χ1v) is 5.50. The van der Waals surface area contributed by atoms with Crippen molar-refractivity contribution in [2.24, 2.45) is 0 Å². The van der Waals surface area contributed by atoms with E-state index in [-0.39, 0.29) is 0 Å². The van der Waals surface area contributed by atoms with Gasteiger partial charge in [0.2, 0.25) is 0 Å². The van der Waals surface area contributed by atoms with Crippen molar-refractivity contribution in [2.45, 2.75) is 44.9 Å². The van der Waals surface area contributed by atoms with Crippen LogP contribution in [-0.2, 0) is 25.7 Å². The fourth-order valence-electron chi connectivity index (χ4n) is 1.25. The van der Waals surface area contributed by atoms with E-state index in [1.807, 2.05) is 0 Å². The van der Waals surface area contributed by atoms with E-state index in [2.05, 4.69) is 6.42 Å². The van der Waals surface area contributed by atoms with Crippen LogP contribution in [0.5, 0.6) is 0 Å². The molecule has 0 aromatic carbocycles. The fraction of sp³-hybridized carbons (Fsp3) is 0.875. The average Bonchev–Trinajstić information content (AvgIpc) is 1.86. The minimum absolute atomic E-state index is 1.38. The molecule has 0 aliphatic heterocycles. The first-order chi connectivity index (χ1) is 5.41. The molecular formula is C8H15O2Ti. The summed E-state index contributed by atoms with van der Waals surface area (Å²) in [6, 6.07) is 0. The molecule has 1 fully saturated rings. The van der Waals surface area contributed by atoms with Crippen LogP contribution in [0.15, 0.2) is 0 Å². The van der Waals surface area contributed by atoms with E-state index in [0.29, 0.717) is 0 Å². The van der Waals surface area contributed by atoms with Crippen LogP contribution in [0, 0.1) is 6.42 Å². The van der Waals surface area contributed by atoms with Gasteiger partial charge < -0.3 is 0 Å². The fourth-order valence-corrected chi connectivity index (χ4v) is 1.25. The van der Waals surface area contributed by atoms with Gasteiger partial charge in [0.25, 0.3) is 0 Å². The van der Waals surface area contributed by atoms with Crippen LogP contribution in [0.25, 0.3) is 0 Å². The monoisotopic (exact) mass is 191 g/mol. The van der Waals surface area contributed by atoms with Crippen molar-refractivity contribution in [3.05, 3.63) is 6.42 Å². The molecule has 0 N–H and O–H groups in total. The summed E-state index contributed by atoms with van der Waals surface area (Å²) in [5, 5.41) is 0. The van der Waals surface area contributed by atoms with Gasteiger partial charge in [-0.2, -0.15) is 0 Å². The molecule has 1 aliphatic rings. The van der Waals surface area contributed by atoms with Crippen LogP contribution in [0.1, 0.15) is 44.9 Å². The molecule has 0 spiro atoms. The zero-order valence-corrected chi connectivity index (χ0v) is 8.41. The van der Waals surface area contributed by atoms with E-state index < -0.39 is 19.1 Å². The Bertz CT molecular complexity index is 84.7. The van der Waals surface area contributed by atoms with Crippen LogP contribution in [-0.4, -0.2) is 0 Å². The summed E-state index contributed by atoms with van der Waals surface area (Å²) in [5.41, 5.74) is 0. The first kappa shape index (κ1) is 11.3. The van der Waals surface area contributed by atoms with E-state index in [1.54, 1.807) is 0 Å². The molecule has 0 heterocycles. The molecule has 0 aromatic rings. The molecule has 1 radical (unpaired) electrons. The molecule has 0 atom stereocenters. The summed E-state index contributed by atoms with van der Waals surface area (Å²) in [6.45, 7) is 0. The summed E-state index contributed by atoms with van der Waals surface area (Å²) >= 11 is -2.00. The van der Waals surface area contributed by atoms with E-state index >= 15 is 0 Å². The third-order valence-corrected chi connectivity index (χ3v) is 1.82. The van der Waals surface area contributed by atoms with Gasteiger partial charge in [0.05, 0.1) is 0 Å². The van der Waals surface area contributed by atoms with Crippen molar-refractivity contribution in [2.75, 3.05) is 0 Å². The summed E-state index contributed by atoms with van der Waals surface area (Å²) in [5.74, 6) is 0. The number of hydrogen-bond donors (Lipinski definition) is 0. The second-order valence-electron chi connectivity index (χ2n) is 2.72. The Kier molecular flexibility index (Phi) is 10.6. The van der Waals surface area contributed by atoms with Crippen molar-refractivity contribution >= 4 is 0 Å². The Balaban J connectivity index is 0.000000292. The van der Waals surface area contributed by atoms with Crippen LogP contribution < -0.4 is 0 Å². The van der Waals surface area contributed by atoms with Crippen molar-refractivity contribution in [3.8, 4) is 0 Å². The van der Waals surface area contributed by atoms with E-state index in [0.717, 1.165) is 0 Å². The van der Waals surface area contributed by atoms with E-state index in [1.165, 1.54) is 44.9 Å². The third kappa shape index (κ3) is 10.3. The average molecular weight is 191 g/mol. The van der Waals surface area contributed by atoms with Crippen molar-refractivity contribution in [3.63, 3.8) is 0 Å². The van der Waals surface area contributed by atoms with Gasteiger partial charge in [-0.3, -0.25) is 0 Å². The standard InChI is InChI=1S/C8H15.2O.Ti/c1-2-4-6-8-7-5-3-1;;;/h1H,2-8H2;;;. The van der Waals surface area contributed by atoms with Gasteiger partial charge in [0, 0.05) is 0 Å². The van der Waals surface area contributed by atoms with E-state index in [9.17, 15) is 0 Å². The van der Waals surface area contributed by atoms with Crippen molar-refractivity contribution in [1.82, 2.24) is 0 Å². The second kappa shape index (κ2) is 10.3. The molecule has 3 heteroatoms. The Labute approximate surface area is 77.3 Å². The predicted octanol–water partition coefficient (Wildman–Crippen LogP) is 2.69. The van der Waals surface area contributed by atoms with Crippen LogP contribution in [0.4, 0.5) is 0 Å². The zero-order valence-electron chi connectivity index (χ0n) is 6.84. The van der Waals surface area contributed by atoms with Gasteiger partial charge in [-0.05, 0) is 6.42 Å². The molecule has 1 rings (SSSR count). The Hall–Kier alpha value is 0.314. The molecule has 0 saturated heterocycles. The van der Waals surface area contributed by atoms with Gasteiger partial charge in [0.15, 0.2) is 0 Å². The number of hydrogen-bond acceptors (Lipinski definition) is 2. The van der Waals surface area contributed by atoms with Gasteiger partial charge in [-0.1, -0.05) is 44.9 Å². The quantitative estimate of drug-likeness (QED) is 0.551. The topological polar surface area (TPSA) is 34.1 Å². The summed E-state index contributed by atoms with van der Waals surface area (Å²) in [6.07, 6.45) is 12.5. The summed E-state index contributed by atoms with van der Waals surface area (Å²) < 4.78 is 17.0. The predicted molar refractivity (Wildman–Crippen MR) is 38.0 cm³/mol. The Morgan fingerprint density at radius 2 is 1.18 bits per heavy atom. The SMILES string of the molecule is [CH]1CCCCCCC1.[O]=[Ti]=[O]. The normalized spacial score (nSPS) is 18.2. The molecule has 0 unspecified atom stereocenters. The van der Waals surface area contributed by atoms with Crippen molar-refractivity contribution in [1.29, 1.82) is 0 Å². The molecule has 0 aromatic heterocycles. The van der Waals surface area contributed by atoms with E-state index in [4.69, 9.17) is 6.65 Å². The Morgan fingerprint density at radius 1 is 0.818 bits per heavy atom. The molecule has 0 amide bonds.